The van der Waals surface area contributed by atoms with E-state index in [4.69, 9.17) is 15.6 Å². The smallest absolute Gasteiger partial charge is 0.257 e. The number of ether oxygens (including phenoxy) is 1. The van der Waals surface area contributed by atoms with Crippen LogP contribution >= 0.6 is 0 Å². The van der Waals surface area contributed by atoms with Gasteiger partial charge in [-0.1, -0.05) is 18.2 Å². The molecule has 6 aromatic heterocycles. The molecule has 0 saturated carbocycles. The molecule has 64 heavy (non-hydrogen) atoms. The highest BCUT2D eigenvalue weighted by molar-refractivity contribution is 5.99. The summed E-state index contributed by atoms with van der Waals surface area (Å²) in [4.78, 5) is 71.4. The van der Waals surface area contributed by atoms with Gasteiger partial charge < -0.3 is 35.1 Å². The molecule has 2 amide bonds. The summed E-state index contributed by atoms with van der Waals surface area (Å²) in [5, 5.41) is 6.64. The number of fused-ring (bicyclic) bond motifs is 3. The fourth-order valence-corrected chi connectivity index (χ4v) is 8.73. The zero-order valence-corrected chi connectivity index (χ0v) is 35.8. The summed E-state index contributed by atoms with van der Waals surface area (Å²) >= 11 is 0. The summed E-state index contributed by atoms with van der Waals surface area (Å²) in [5.41, 5.74) is 14.3. The molecule has 2 fully saturated rings. The van der Waals surface area contributed by atoms with Gasteiger partial charge in [-0.2, -0.15) is 5.10 Å². The van der Waals surface area contributed by atoms with Crippen molar-refractivity contribution in [3.8, 4) is 11.3 Å². The Morgan fingerprint density at radius 3 is 2.30 bits per heavy atom. The summed E-state index contributed by atoms with van der Waals surface area (Å²) in [5.74, 6) is 1.75. The van der Waals surface area contributed by atoms with Crippen LogP contribution in [-0.4, -0.2) is 155 Å². The first-order chi connectivity index (χ1) is 31.3. The standard InChI is InChI=1S/C45H50N16O3/c1-30-22-49-44(50-23-30)59-15-13-57(14-16-59)37(62)6-18-64-19-17-56-9-11-58(12-10-56)45-51-25-36(26-52-45)43(63)60-8-5-32-20-31(2-3-34(32)28-60)27-61-42-38(40(46)53-29-54-42)39(55-61)35-21-33-4-7-47-41(33)48-24-35/h2-4,7,20-26,29H,5-6,8-19,27-28H2,1H3,(H,47,48)(H2,46,53,54). The maximum Gasteiger partial charge on any atom is 0.257 e. The van der Waals surface area contributed by atoms with Crippen molar-refractivity contribution >= 4 is 51.6 Å². The van der Waals surface area contributed by atoms with E-state index in [9.17, 15) is 9.59 Å². The normalized spacial score (nSPS) is 15.9. The van der Waals surface area contributed by atoms with Crippen molar-refractivity contribution in [1.82, 2.24) is 64.4 Å². The predicted molar refractivity (Wildman–Crippen MR) is 240 cm³/mol. The molecule has 0 bridgehead atoms. The third-order valence-corrected chi connectivity index (χ3v) is 12.4. The number of carbonyl (C=O) groups excluding carboxylic acids is 2. The zero-order chi connectivity index (χ0) is 43.6. The molecule has 1 aromatic carbocycles. The summed E-state index contributed by atoms with van der Waals surface area (Å²) in [6, 6.07) is 10.4. The second-order valence-electron chi connectivity index (χ2n) is 16.6. The van der Waals surface area contributed by atoms with Crippen LogP contribution in [0.15, 0.2) is 73.8 Å². The summed E-state index contributed by atoms with van der Waals surface area (Å²) in [6.45, 7) is 11.4. The van der Waals surface area contributed by atoms with E-state index in [1.165, 1.54) is 11.9 Å². The Morgan fingerprint density at radius 2 is 1.52 bits per heavy atom. The molecule has 19 heteroatoms. The number of carbonyl (C=O) groups is 2. The lowest BCUT2D eigenvalue weighted by molar-refractivity contribution is -0.132. The van der Waals surface area contributed by atoms with Crippen molar-refractivity contribution in [2.75, 3.05) is 94.2 Å². The molecule has 2 saturated heterocycles. The Bertz CT molecular complexity index is 2780. The van der Waals surface area contributed by atoms with Crippen molar-refractivity contribution in [1.29, 1.82) is 0 Å². The average Bonchev–Trinajstić information content (AvgIpc) is 3.97. The number of amides is 2. The minimum atomic E-state index is -0.0799. The molecule has 0 atom stereocenters. The highest BCUT2D eigenvalue weighted by Gasteiger charge is 2.26. The topological polar surface area (TPSA) is 209 Å². The zero-order valence-electron chi connectivity index (χ0n) is 35.8. The third kappa shape index (κ3) is 8.63. The van der Waals surface area contributed by atoms with Gasteiger partial charge in [-0.3, -0.25) is 14.5 Å². The summed E-state index contributed by atoms with van der Waals surface area (Å²) in [6.07, 6.45) is 13.2. The quantitative estimate of drug-likeness (QED) is 0.169. The van der Waals surface area contributed by atoms with Gasteiger partial charge in [0.1, 0.15) is 23.5 Å². The second kappa shape index (κ2) is 17.9. The number of pyridine rings is 1. The number of anilines is 3. The largest absolute Gasteiger partial charge is 0.383 e. The summed E-state index contributed by atoms with van der Waals surface area (Å²) < 4.78 is 7.74. The molecule has 3 aliphatic rings. The predicted octanol–water partition coefficient (Wildman–Crippen LogP) is 2.96. The number of rotatable bonds is 12. The minimum absolute atomic E-state index is 0.0799. The van der Waals surface area contributed by atoms with Crippen LogP contribution in [0.3, 0.4) is 0 Å². The first kappa shape index (κ1) is 40.9. The number of aromatic amines is 1. The number of aryl methyl sites for hydroxylation is 1. The van der Waals surface area contributed by atoms with E-state index >= 15 is 0 Å². The van der Waals surface area contributed by atoms with Gasteiger partial charge in [0.15, 0.2) is 5.65 Å². The first-order valence-corrected chi connectivity index (χ1v) is 21.8. The van der Waals surface area contributed by atoms with Gasteiger partial charge in [-0.15, -0.1) is 0 Å². The van der Waals surface area contributed by atoms with E-state index in [0.717, 1.165) is 85.5 Å². The Morgan fingerprint density at radius 1 is 0.766 bits per heavy atom. The van der Waals surface area contributed by atoms with Crippen molar-refractivity contribution in [3.63, 3.8) is 0 Å². The van der Waals surface area contributed by atoms with Crippen LogP contribution in [0.1, 0.15) is 39.0 Å². The number of nitrogens with one attached hydrogen (secondary N) is 1. The van der Waals surface area contributed by atoms with Crippen molar-refractivity contribution in [2.24, 2.45) is 0 Å². The fraction of sp³-hybridized carbons (Fsp3) is 0.378. The van der Waals surface area contributed by atoms with Crippen LogP contribution in [0.2, 0.25) is 0 Å². The molecule has 3 aliphatic heterocycles. The molecular formula is C45H50N16O3. The van der Waals surface area contributed by atoms with E-state index < -0.39 is 0 Å². The first-order valence-electron chi connectivity index (χ1n) is 21.8. The molecule has 0 radical (unpaired) electrons. The number of hydrogen-bond acceptors (Lipinski definition) is 15. The molecule has 10 rings (SSSR count). The number of piperazine rings is 2. The van der Waals surface area contributed by atoms with Gasteiger partial charge in [0.25, 0.3) is 5.91 Å². The molecule has 0 spiro atoms. The Kier molecular flexibility index (Phi) is 11.5. The van der Waals surface area contributed by atoms with E-state index in [2.05, 4.69) is 72.8 Å². The minimum Gasteiger partial charge on any atom is -0.383 e. The molecule has 19 nitrogen and oxygen atoms in total. The summed E-state index contributed by atoms with van der Waals surface area (Å²) in [7, 11) is 0. The number of hydrogen-bond donors (Lipinski definition) is 2. The van der Waals surface area contributed by atoms with E-state index in [-0.39, 0.29) is 11.8 Å². The number of benzene rings is 1. The lowest BCUT2D eigenvalue weighted by Gasteiger charge is -2.35. The highest BCUT2D eigenvalue weighted by Crippen LogP contribution is 2.32. The third-order valence-electron chi connectivity index (χ3n) is 12.4. The monoisotopic (exact) mass is 862 g/mol. The van der Waals surface area contributed by atoms with Crippen molar-refractivity contribution in [3.05, 3.63) is 102 Å². The van der Waals surface area contributed by atoms with Gasteiger partial charge in [0.2, 0.25) is 17.8 Å². The maximum atomic E-state index is 13.7. The van der Waals surface area contributed by atoms with Crippen molar-refractivity contribution in [2.45, 2.75) is 32.9 Å². The fourth-order valence-electron chi connectivity index (χ4n) is 8.73. The van der Waals surface area contributed by atoms with Crippen molar-refractivity contribution < 1.29 is 14.3 Å². The van der Waals surface area contributed by atoms with Crippen LogP contribution in [0, 0.1) is 6.92 Å². The SMILES string of the molecule is Cc1cnc(N2CCN(C(=O)CCOCCN3CCN(c4ncc(C(=O)N5CCc6cc(Cn7nc(-c8cnc9[nH]ccc9c8)c8c(N)ncnc87)ccc6C5)cn4)CC3)CC2)nc1. The highest BCUT2D eigenvalue weighted by atomic mass is 16.5. The van der Waals surface area contributed by atoms with Crippen LogP contribution in [-0.2, 0) is 29.0 Å². The molecular weight excluding hydrogens is 813 g/mol. The van der Waals surface area contributed by atoms with Crippen LogP contribution < -0.4 is 15.5 Å². The maximum absolute atomic E-state index is 13.7. The molecule has 7 aromatic rings. The number of nitrogen functional groups attached to an aromatic ring is 1. The lowest BCUT2D eigenvalue weighted by atomic mass is 9.97. The van der Waals surface area contributed by atoms with E-state index in [1.54, 1.807) is 18.6 Å². The number of aromatic nitrogens is 10. The van der Waals surface area contributed by atoms with E-state index in [0.29, 0.717) is 92.4 Å². The average molecular weight is 863 g/mol. The molecule has 328 valence electrons. The van der Waals surface area contributed by atoms with Gasteiger partial charge in [-0.25, -0.2) is 39.6 Å². The Hall–Kier alpha value is -7.12. The van der Waals surface area contributed by atoms with Gasteiger partial charge in [0.05, 0.1) is 37.1 Å². The van der Waals surface area contributed by atoms with Gasteiger partial charge in [0, 0.05) is 120 Å². The van der Waals surface area contributed by atoms with Crippen LogP contribution in [0.5, 0.6) is 0 Å². The van der Waals surface area contributed by atoms with Crippen LogP contribution in [0.4, 0.5) is 17.7 Å². The molecule has 0 unspecified atom stereocenters. The van der Waals surface area contributed by atoms with E-state index in [1.807, 2.05) is 52.1 Å². The Labute approximate surface area is 369 Å². The lowest BCUT2D eigenvalue weighted by Crippen LogP contribution is -2.49. The number of nitrogens with two attached hydrogens (primary N) is 1. The molecule has 0 aliphatic carbocycles. The van der Waals surface area contributed by atoms with Gasteiger partial charge in [-0.05, 0) is 47.7 Å². The Balaban J connectivity index is 0.669. The van der Waals surface area contributed by atoms with Crippen LogP contribution in [0.25, 0.3) is 33.3 Å². The molecule has 9 heterocycles. The second-order valence-corrected chi connectivity index (χ2v) is 16.6. The van der Waals surface area contributed by atoms with Gasteiger partial charge >= 0.3 is 0 Å². The molecule has 3 N–H and O–H groups in total. The number of nitrogens with zero attached hydrogens (tertiary/aromatic N) is 14. The number of H-pyrrole nitrogens is 1.